The van der Waals surface area contributed by atoms with Gasteiger partial charge in [-0.3, -0.25) is 9.36 Å². The van der Waals surface area contributed by atoms with Crippen molar-refractivity contribution in [1.29, 1.82) is 0 Å². The number of benzene rings is 3. The Labute approximate surface area is 198 Å². The molecule has 6 heteroatoms. The molecule has 1 heterocycles. The minimum absolute atomic E-state index is 0.172. The van der Waals surface area contributed by atoms with Gasteiger partial charge in [0.05, 0.1) is 25.6 Å². The Bertz CT molecular complexity index is 1440. The van der Waals surface area contributed by atoms with Gasteiger partial charge in [-0.25, -0.2) is 4.79 Å². The third kappa shape index (κ3) is 4.71. The summed E-state index contributed by atoms with van der Waals surface area (Å²) in [7, 11) is 3.14. The number of nitrogens with zero attached hydrogens (tertiary/aromatic N) is 1. The van der Waals surface area contributed by atoms with Crippen molar-refractivity contribution in [3.8, 4) is 28.4 Å². The monoisotopic (exact) mass is 454 g/mol. The molecular weight excluding hydrogens is 428 g/mol. The summed E-state index contributed by atoms with van der Waals surface area (Å²) >= 11 is 0. The summed E-state index contributed by atoms with van der Waals surface area (Å²) in [6.07, 6.45) is 4.98. The molecule has 3 aromatic carbocycles. The van der Waals surface area contributed by atoms with E-state index >= 15 is 0 Å². The average molecular weight is 455 g/mol. The lowest BCUT2D eigenvalue weighted by atomic mass is 10.0. The molecule has 4 aromatic rings. The van der Waals surface area contributed by atoms with Crippen LogP contribution in [0.4, 0.5) is 0 Å². The van der Waals surface area contributed by atoms with Crippen molar-refractivity contribution in [3.05, 3.63) is 106 Å². The quantitative estimate of drug-likeness (QED) is 0.301. The summed E-state index contributed by atoms with van der Waals surface area (Å²) in [5, 5.41) is 0. The van der Waals surface area contributed by atoms with E-state index in [1.807, 2.05) is 31.2 Å². The first kappa shape index (κ1) is 22.9. The van der Waals surface area contributed by atoms with Crippen LogP contribution >= 0.6 is 0 Å². The van der Waals surface area contributed by atoms with E-state index in [-0.39, 0.29) is 11.5 Å². The number of hydrogen-bond donors (Lipinski definition) is 1. The van der Waals surface area contributed by atoms with Gasteiger partial charge in [-0.1, -0.05) is 36.4 Å². The molecule has 0 spiro atoms. The Morgan fingerprint density at radius 1 is 0.912 bits per heavy atom. The van der Waals surface area contributed by atoms with Crippen molar-refractivity contribution in [2.24, 2.45) is 0 Å². The van der Waals surface area contributed by atoms with E-state index in [0.717, 1.165) is 22.4 Å². The Morgan fingerprint density at radius 3 is 2.44 bits per heavy atom. The highest BCUT2D eigenvalue weighted by Gasteiger charge is 2.10. The molecule has 0 bridgehead atoms. The van der Waals surface area contributed by atoms with Crippen LogP contribution < -0.4 is 15.2 Å². The zero-order valence-electron chi connectivity index (χ0n) is 19.6. The van der Waals surface area contributed by atoms with Crippen LogP contribution in [0.2, 0.25) is 0 Å². The van der Waals surface area contributed by atoms with Gasteiger partial charge in [0, 0.05) is 11.8 Å². The van der Waals surface area contributed by atoms with Crippen molar-refractivity contribution >= 4 is 11.9 Å². The SMILES string of the molecule is COc1ccc(C=CC(=O)c2cccc(-n3cc(-c4ccc(C)c(C)c4)[nH]c3=O)c2)cc1OC. The van der Waals surface area contributed by atoms with Crippen molar-refractivity contribution < 1.29 is 14.3 Å². The van der Waals surface area contributed by atoms with Gasteiger partial charge >= 0.3 is 5.69 Å². The van der Waals surface area contributed by atoms with Gasteiger partial charge in [0.15, 0.2) is 17.3 Å². The summed E-state index contributed by atoms with van der Waals surface area (Å²) in [6, 6.07) is 18.5. The van der Waals surface area contributed by atoms with Gasteiger partial charge < -0.3 is 14.5 Å². The second-order valence-corrected chi connectivity index (χ2v) is 8.00. The van der Waals surface area contributed by atoms with Crippen molar-refractivity contribution in [2.45, 2.75) is 13.8 Å². The van der Waals surface area contributed by atoms with Crippen LogP contribution in [-0.4, -0.2) is 29.6 Å². The Morgan fingerprint density at radius 2 is 1.71 bits per heavy atom. The van der Waals surface area contributed by atoms with Gasteiger partial charge in [-0.05, 0) is 72.5 Å². The molecule has 0 aliphatic rings. The van der Waals surface area contributed by atoms with Gasteiger partial charge in [0.2, 0.25) is 0 Å². The molecule has 0 aliphatic carbocycles. The first-order chi connectivity index (χ1) is 16.4. The number of nitrogens with one attached hydrogen (secondary N) is 1. The van der Waals surface area contributed by atoms with Crippen LogP contribution in [0.5, 0.6) is 11.5 Å². The maximum atomic E-state index is 12.8. The lowest BCUT2D eigenvalue weighted by molar-refractivity contribution is 0.104. The molecule has 172 valence electrons. The normalized spacial score (nSPS) is 11.1. The van der Waals surface area contributed by atoms with E-state index in [2.05, 4.69) is 11.9 Å². The number of aryl methyl sites for hydroxylation is 2. The molecule has 34 heavy (non-hydrogen) atoms. The van der Waals surface area contributed by atoms with Crippen molar-refractivity contribution in [2.75, 3.05) is 14.2 Å². The molecule has 0 amide bonds. The number of ketones is 1. The molecule has 4 rings (SSSR count). The zero-order valence-corrected chi connectivity index (χ0v) is 19.6. The van der Waals surface area contributed by atoms with Gasteiger partial charge in [0.1, 0.15) is 0 Å². The lowest BCUT2D eigenvalue weighted by Gasteiger charge is -2.07. The van der Waals surface area contributed by atoms with Crippen LogP contribution in [0, 0.1) is 13.8 Å². The number of hydrogen-bond acceptors (Lipinski definition) is 4. The number of carbonyl (C=O) groups is 1. The Balaban J connectivity index is 1.59. The molecule has 1 aromatic heterocycles. The van der Waals surface area contributed by atoms with Crippen molar-refractivity contribution in [1.82, 2.24) is 9.55 Å². The largest absolute Gasteiger partial charge is 0.493 e. The van der Waals surface area contributed by atoms with E-state index in [9.17, 15) is 9.59 Å². The number of allylic oxidation sites excluding steroid dienone is 1. The van der Waals surface area contributed by atoms with Gasteiger partial charge in [-0.2, -0.15) is 0 Å². The zero-order chi connectivity index (χ0) is 24.2. The summed E-state index contributed by atoms with van der Waals surface area (Å²) in [5.41, 5.74) is 5.64. The summed E-state index contributed by atoms with van der Waals surface area (Å²) in [5.74, 6) is 1.04. The summed E-state index contributed by atoms with van der Waals surface area (Å²) < 4.78 is 12.1. The number of rotatable bonds is 7. The van der Waals surface area contributed by atoms with Crippen LogP contribution in [0.1, 0.15) is 27.0 Å². The number of aromatic nitrogens is 2. The highest BCUT2D eigenvalue weighted by Crippen LogP contribution is 2.28. The summed E-state index contributed by atoms with van der Waals surface area (Å²) in [4.78, 5) is 28.4. The second-order valence-electron chi connectivity index (χ2n) is 8.00. The van der Waals surface area contributed by atoms with Crippen LogP contribution in [0.25, 0.3) is 23.0 Å². The topological polar surface area (TPSA) is 73.3 Å². The molecule has 1 N–H and O–H groups in total. The maximum absolute atomic E-state index is 12.8. The first-order valence-electron chi connectivity index (χ1n) is 10.8. The maximum Gasteiger partial charge on any atom is 0.330 e. The number of aromatic amines is 1. The van der Waals surface area contributed by atoms with Crippen LogP contribution in [0.15, 0.2) is 77.7 Å². The molecule has 6 nitrogen and oxygen atoms in total. The smallest absolute Gasteiger partial charge is 0.330 e. The van der Waals surface area contributed by atoms with E-state index in [1.165, 1.54) is 16.2 Å². The Kier molecular flexibility index (Phi) is 6.50. The van der Waals surface area contributed by atoms with E-state index in [4.69, 9.17) is 9.47 Å². The van der Waals surface area contributed by atoms with Crippen LogP contribution in [-0.2, 0) is 0 Å². The Hall–Kier alpha value is -4.32. The highest BCUT2D eigenvalue weighted by molar-refractivity contribution is 6.07. The van der Waals surface area contributed by atoms with E-state index in [0.29, 0.717) is 22.7 Å². The number of ether oxygens (including phenoxy) is 2. The predicted molar refractivity (Wildman–Crippen MR) is 134 cm³/mol. The number of imidazole rings is 1. The molecule has 0 aliphatic heterocycles. The molecular formula is C28H26N2O4. The highest BCUT2D eigenvalue weighted by atomic mass is 16.5. The third-order valence-electron chi connectivity index (χ3n) is 5.78. The molecule has 0 saturated heterocycles. The summed E-state index contributed by atoms with van der Waals surface area (Å²) in [6.45, 7) is 4.09. The first-order valence-corrected chi connectivity index (χ1v) is 10.8. The molecule has 0 fully saturated rings. The third-order valence-corrected chi connectivity index (χ3v) is 5.78. The minimum atomic E-state index is -0.265. The lowest BCUT2D eigenvalue weighted by Crippen LogP contribution is -2.14. The fraction of sp³-hybridized carbons (Fsp3) is 0.143. The van der Waals surface area contributed by atoms with Crippen molar-refractivity contribution in [3.63, 3.8) is 0 Å². The second kappa shape index (κ2) is 9.67. The number of methoxy groups -OCH3 is 2. The molecule has 0 atom stereocenters. The van der Waals surface area contributed by atoms with Crippen LogP contribution in [0.3, 0.4) is 0 Å². The molecule has 0 saturated carbocycles. The number of H-pyrrole nitrogens is 1. The fourth-order valence-corrected chi connectivity index (χ4v) is 3.68. The molecule has 0 unspecified atom stereocenters. The van der Waals surface area contributed by atoms with E-state index < -0.39 is 0 Å². The standard InChI is InChI=1S/C28H26N2O4/c1-18-8-11-21(14-19(18)2)24-17-30(28(32)29-24)23-7-5-6-22(16-23)25(31)12-9-20-10-13-26(33-3)27(15-20)34-4/h5-17H,1-4H3,(H,29,32). The van der Waals surface area contributed by atoms with Gasteiger partial charge in [0.25, 0.3) is 0 Å². The fourth-order valence-electron chi connectivity index (χ4n) is 3.68. The average Bonchev–Trinajstić information content (AvgIpc) is 3.25. The predicted octanol–water partition coefficient (Wildman–Crippen LogP) is 5.36. The molecule has 0 radical (unpaired) electrons. The number of carbonyl (C=O) groups excluding carboxylic acids is 1. The minimum Gasteiger partial charge on any atom is -0.493 e. The van der Waals surface area contributed by atoms with Gasteiger partial charge in [-0.15, -0.1) is 0 Å². The van der Waals surface area contributed by atoms with E-state index in [1.54, 1.807) is 62.9 Å².